The molecule has 0 unspecified atom stereocenters. The molecule has 1 heterocycles. The van der Waals surface area contributed by atoms with Crippen LogP contribution in [0.3, 0.4) is 0 Å². The largest absolute Gasteiger partial charge is 0.493 e. The molecule has 2 rings (SSSR count). The van der Waals surface area contributed by atoms with E-state index >= 15 is 0 Å². The van der Waals surface area contributed by atoms with Crippen molar-refractivity contribution in [2.45, 2.75) is 45.7 Å². The molecule has 1 aliphatic heterocycles. The predicted molar refractivity (Wildman–Crippen MR) is 111 cm³/mol. The zero-order valence-electron chi connectivity index (χ0n) is 18.2. The molecule has 162 valence electrons. The van der Waals surface area contributed by atoms with Crippen LogP contribution in [0.5, 0.6) is 17.2 Å². The summed E-state index contributed by atoms with van der Waals surface area (Å²) < 4.78 is 15.9. The lowest BCUT2D eigenvalue weighted by atomic mass is 9.86. The molecule has 0 radical (unpaired) electrons. The van der Waals surface area contributed by atoms with Gasteiger partial charge in [-0.3, -0.25) is 9.59 Å². The molecule has 8 nitrogen and oxygen atoms in total. The number of nitrogens with one attached hydrogen (secondary N) is 1. The van der Waals surface area contributed by atoms with E-state index in [2.05, 4.69) is 5.32 Å². The van der Waals surface area contributed by atoms with Crippen LogP contribution in [0.1, 0.15) is 44.0 Å². The maximum Gasteiger partial charge on any atom is 0.251 e. The Hall–Kier alpha value is -2.48. The minimum atomic E-state index is -0.534. The summed E-state index contributed by atoms with van der Waals surface area (Å²) in [5, 5.41) is 3.03. The summed E-state index contributed by atoms with van der Waals surface area (Å²) in [4.78, 5) is 27.1. The number of carbonyl (C=O) groups is 2. The highest BCUT2D eigenvalue weighted by molar-refractivity contribution is 5.95. The van der Waals surface area contributed by atoms with Crippen molar-refractivity contribution in [2.24, 2.45) is 11.1 Å². The Labute approximate surface area is 172 Å². The minimum Gasteiger partial charge on any atom is -0.493 e. The summed E-state index contributed by atoms with van der Waals surface area (Å²) in [5.74, 6) is 1.03. The third kappa shape index (κ3) is 5.32. The molecule has 2 amide bonds. The second-order valence-corrected chi connectivity index (χ2v) is 8.33. The molecule has 1 aromatic rings. The molecule has 29 heavy (non-hydrogen) atoms. The zero-order valence-corrected chi connectivity index (χ0v) is 18.2. The van der Waals surface area contributed by atoms with Crippen molar-refractivity contribution in [3.63, 3.8) is 0 Å². The van der Waals surface area contributed by atoms with Crippen molar-refractivity contribution in [3.8, 4) is 17.2 Å². The minimum absolute atomic E-state index is 0.0171. The Bertz CT molecular complexity index is 711. The first-order valence-corrected chi connectivity index (χ1v) is 9.77. The molecule has 1 aromatic carbocycles. The number of ether oxygens (including phenoxy) is 3. The summed E-state index contributed by atoms with van der Waals surface area (Å²) in [7, 11) is 4.53. The third-order valence-electron chi connectivity index (χ3n) is 5.27. The van der Waals surface area contributed by atoms with Gasteiger partial charge in [0, 0.05) is 24.7 Å². The van der Waals surface area contributed by atoms with Gasteiger partial charge in [0.1, 0.15) is 0 Å². The molecule has 0 bridgehead atoms. The van der Waals surface area contributed by atoms with Gasteiger partial charge in [-0.05, 0) is 30.4 Å². The van der Waals surface area contributed by atoms with Gasteiger partial charge in [-0.25, -0.2) is 0 Å². The molecule has 8 heteroatoms. The summed E-state index contributed by atoms with van der Waals surface area (Å²) >= 11 is 0. The van der Waals surface area contributed by atoms with E-state index in [-0.39, 0.29) is 23.3 Å². The molecule has 0 spiro atoms. The highest BCUT2D eigenvalue weighted by atomic mass is 16.5. The number of methoxy groups -OCH3 is 3. The quantitative estimate of drug-likeness (QED) is 0.745. The van der Waals surface area contributed by atoms with E-state index in [0.29, 0.717) is 48.7 Å². The average molecular weight is 408 g/mol. The van der Waals surface area contributed by atoms with E-state index < -0.39 is 6.04 Å². The number of likely N-dealkylation sites (tertiary alicyclic amines) is 1. The molecule has 0 aromatic heterocycles. The highest BCUT2D eigenvalue weighted by Crippen LogP contribution is 2.38. The van der Waals surface area contributed by atoms with Crippen LogP contribution in [0.2, 0.25) is 0 Å². The second-order valence-electron chi connectivity index (χ2n) is 8.33. The van der Waals surface area contributed by atoms with Crippen LogP contribution in [0.4, 0.5) is 0 Å². The van der Waals surface area contributed by atoms with E-state index in [0.717, 1.165) is 0 Å². The Morgan fingerprint density at radius 1 is 1.07 bits per heavy atom. The zero-order chi connectivity index (χ0) is 21.8. The molecular formula is C21H33N3O5. The highest BCUT2D eigenvalue weighted by Gasteiger charge is 2.33. The Morgan fingerprint density at radius 2 is 1.59 bits per heavy atom. The molecule has 1 fully saturated rings. The first kappa shape index (κ1) is 22.8. The van der Waals surface area contributed by atoms with Gasteiger partial charge in [0.15, 0.2) is 11.5 Å². The van der Waals surface area contributed by atoms with Crippen LogP contribution in [-0.4, -0.2) is 63.2 Å². The smallest absolute Gasteiger partial charge is 0.251 e. The Kier molecular flexibility index (Phi) is 7.35. The maximum absolute atomic E-state index is 12.7. The first-order valence-electron chi connectivity index (χ1n) is 9.77. The SMILES string of the molecule is COc1cc(C(=O)NC2CCN(C(=O)[C@@H](N)C(C)(C)C)CC2)cc(OC)c1OC. The first-order chi connectivity index (χ1) is 13.6. The summed E-state index contributed by atoms with van der Waals surface area (Å²) in [6.07, 6.45) is 1.36. The van der Waals surface area contributed by atoms with Crippen molar-refractivity contribution in [1.82, 2.24) is 10.2 Å². The molecular weight excluding hydrogens is 374 g/mol. The lowest BCUT2D eigenvalue weighted by Crippen LogP contribution is -2.54. The van der Waals surface area contributed by atoms with E-state index in [1.807, 2.05) is 20.8 Å². The standard InChI is InChI=1S/C21H33N3O5/c1-21(2,3)18(22)20(26)24-9-7-14(8-10-24)23-19(25)13-11-15(27-4)17(29-6)16(12-13)28-5/h11-12,14,18H,7-10,22H2,1-6H3,(H,23,25)/t18-/m1/s1. The molecule has 3 N–H and O–H groups in total. The van der Waals surface area contributed by atoms with Crippen LogP contribution < -0.4 is 25.3 Å². The fourth-order valence-electron chi connectivity index (χ4n) is 3.29. The van der Waals surface area contributed by atoms with Gasteiger partial charge in [0.25, 0.3) is 5.91 Å². The third-order valence-corrected chi connectivity index (χ3v) is 5.27. The van der Waals surface area contributed by atoms with Crippen molar-refractivity contribution >= 4 is 11.8 Å². The lowest BCUT2D eigenvalue weighted by Gasteiger charge is -2.36. The summed E-state index contributed by atoms with van der Waals surface area (Å²) in [5.41, 5.74) is 6.24. The maximum atomic E-state index is 12.7. The number of amides is 2. The monoisotopic (exact) mass is 407 g/mol. The number of rotatable bonds is 6. The van der Waals surface area contributed by atoms with Crippen LogP contribution in [0.25, 0.3) is 0 Å². The number of benzene rings is 1. The lowest BCUT2D eigenvalue weighted by molar-refractivity contribution is -0.136. The summed E-state index contributed by atoms with van der Waals surface area (Å²) in [6, 6.07) is 2.69. The normalized spacial score (nSPS) is 16.2. The molecule has 1 atom stereocenters. The van der Waals surface area contributed by atoms with E-state index in [9.17, 15) is 9.59 Å². The average Bonchev–Trinajstić information content (AvgIpc) is 2.71. The van der Waals surface area contributed by atoms with Gasteiger partial charge in [-0.1, -0.05) is 20.8 Å². The number of hydrogen-bond donors (Lipinski definition) is 2. The van der Waals surface area contributed by atoms with E-state index in [1.54, 1.807) is 17.0 Å². The Morgan fingerprint density at radius 3 is 2.00 bits per heavy atom. The van der Waals surface area contributed by atoms with Gasteiger partial charge in [0.05, 0.1) is 27.4 Å². The predicted octanol–water partition coefficient (Wildman–Crippen LogP) is 1.81. The molecule has 1 aliphatic rings. The van der Waals surface area contributed by atoms with Crippen molar-refractivity contribution < 1.29 is 23.8 Å². The van der Waals surface area contributed by atoms with Gasteiger partial charge < -0.3 is 30.2 Å². The van der Waals surface area contributed by atoms with Crippen LogP contribution in [0.15, 0.2) is 12.1 Å². The number of carbonyl (C=O) groups excluding carboxylic acids is 2. The van der Waals surface area contributed by atoms with Crippen molar-refractivity contribution in [1.29, 1.82) is 0 Å². The van der Waals surface area contributed by atoms with Crippen LogP contribution >= 0.6 is 0 Å². The number of hydrogen-bond acceptors (Lipinski definition) is 6. The van der Waals surface area contributed by atoms with Crippen LogP contribution in [-0.2, 0) is 4.79 Å². The Balaban J connectivity index is 2.01. The molecule has 1 saturated heterocycles. The van der Waals surface area contributed by atoms with Crippen molar-refractivity contribution in [2.75, 3.05) is 34.4 Å². The van der Waals surface area contributed by atoms with E-state index in [1.165, 1.54) is 21.3 Å². The van der Waals surface area contributed by atoms with Gasteiger partial charge in [0.2, 0.25) is 11.7 Å². The number of nitrogens with two attached hydrogens (primary N) is 1. The van der Waals surface area contributed by atoms with Crippen molar-refractivity contribution in [3.05, 3.63) is 17.7 Å². The topological polar surface area (TPSA) is 103 Å². The van der Waals surface area contributed by atoms with E-state index in [4.69, 9.17) is 19.9 Å². The summed E-state index contributed by atoms with van der Waals surface area (Å²) in [6.45, 7) is 7.02. The van der Waals surface area contributed by atoms with Crippen LogP contribution in [0, 0.1) is 5.41 Å². The molecule has 0 aliphatic carbocycles. The number of nitrogens with zero attached hydrogens (tertiary/aromatic N) is 1. The fourth-order valence-corrected chi connectivity index (χ4v) is 3.29. The molecule has 0 saturated carbocycles. The number of piperidine rings is 1. The second kappa shape index (κ2) is 9.35. The fraction of sp³-hybridized carbons (Fsp3) is 0.619. The van der Waals surface area contributed by atoms with Gasteiger partial charge in [-0.2, -0.15) is 0 Å². The van der Waals surface area contributed by atoms with Gasteiger partial charge >= 0.3 is 0 Å². The van der Waals surface area contributed by atoms with Gasteiger partial charge in [-0.15, -0.1) is 0 Å².